The molecule has 2 aromatic rings. The molecule has 78 valence electrons. The van der Waals surface area contributed by atoms with Gasteiger partial charge in [0.1, 0.15) is 12.4 Å². The van der Waals surface area contributed by atoms with E-state index < -0.39 is 0 Å². The highest BCUT2D eigenvalue weighted by Gasteiger charge is 1.97. The van der Waals surface area contributed by atoms with Crippen molar-refractivity contribution in [3.63, 3.8) is 0 Å². The zero-order valence-corrected chi connectivity index (χ0v) is 9.72. The number of ether oxygens (including phenoxy) is 1. The lowest BCUT2D eigenvalue weighted by Crippen LogP contribution is -1.93. The number of halogens is 1. The van der Waals surface area contributed by atoms with E-state index in [1.54, 1.807) is 11.3 Å². The molecule has 0 aliphatic heterocycles. The van der Waals surface area contributed by atoms with Crippen molar-refractivity contribution < 1.29 is 4.74 Å². The summed E-state index contributed by atoms with van der Waals surface area (Å²) in [7, 11) is 0. The molecule has 0 saturated heterocycles. The molecule has 0 atom stereocenters. The Bertz CT molecular complexity index is 411. The number of hydrogen-bond acceptors (Lipinski definition) is 2. The topological polar surface area (TPSA) is 9.23 Å². The minimum Gasteiger partial charge on any atom is -0.489 e. The van der Waals surface area contributed by atoms with Crippen LogP contribution in [-0.4, -0.2) is 0 Å². The molecular formula is C12H11ClOS. The SMILES string of the molecule is ClCc1cccc(OCc2ccsc2)c1. The lowest BCUT2D eigenvalue weighted by atomic mass is 10.2. The van der Waals surface area contributed by atoms with Gasteiger partial charge in [-0.25, -0.2) is 0 Å². The lowest BCUT2D eigenvalue weighted by molar-refractivity contribution is 0.306. The van der Waals surface area contributed by atoms with Gasteiger partial charge in [0, 0.05) is 5.88 Å². The summed E-state index contributed by atoms with van der Waals surface area (Å²) in [5, 5.41) is 4.14. The molecule has 0 unspecified atom stereocenters. The molecule has 0 saturated carbocycles. The van der Waals surface area contributed by atoms with Gasteiger partial charge >= 0.3 is 0 Å². The van der Waals surface area contributed by atoms with Gasteiger partial charge < -0.3 is 4.74 Å². The van der Waals surface area contributed by atoms with Crippen LogP contribution in [0.1, 0.15) is 11.1 Å². The molecule has 0 radical (unpaired) electrons. The Morgan fingerprint density at radius 3 is 2.87 bits per heavy atom. The van der Waals surface area contributed by atoms with E-state index in [2.05, 4.69) is 11.4 Å². The fraction of sp³-hybridized carbons (Fsp3) is 0.167. The van der Waals surface area contributed by atoms with E-state index in [1.807, 2.05) is 29.6 Å². The average Bonchev–Trinajstić information content (AvgIpc) is 2.79. The number of hydrogen-bond donors (Lipinski definition) is 0. The second-order valence-corrected chi connectivity index (χ2v) is 4.25. The first kappa shape index (κ1) is 10.5. The molecule has 0 fully saturated rings. The van der Waals surface area contributed by atoms with Crippen molar-refractivity contribution in [2.75, 3.05) is 0 Å². The highest BCUT2D eigenvalue weighted by Crippen LogP contribution is 2.17. The summed E-state index contributed by atoms with van der Waals surface area (Å²) < 4.78 is 5.64. The largest absolute Gasteiger partial charge is 0.489 e. The van der Waals surface area contributed by atoms with Crippen molar-refractivity contribution in [2.24, 2.45) is 0 Å². The second kappa shape index (κ2) is 5.19. The van der Waals surface area contributed by atoms with Crippen LogP contribution in [0, 0.1) is 0 Å². The van der Waals surface area contributed by atoms with Crippen LogP contribution >= 0.6 is 22.9 Å². The molecule has 0 bridgehead atoms. The van der Waals surface area contributed by atoms with Crippen molar-refractivity contribution in [3.05, 3.63) is 52.2 Å². The maximum absolute atomic E-state index is 5.74. The van der Waals surface area contributed by atoms with E-state index in [0.29, 0.717) is 12.5 Å². The lowest BCUT2D eigenvalue weighted by Gasteiger charge is -2.05. The van der Waals surface area contributed by atoms with Gasteiger partial charge in [0.2, 0.25) is 0 Å². The summed E-state index contributed by atoms with van der Waals surface area (Å²) in [6.45, 7) is 0.620. The monoisotopic (exact) mass is 238 g/mol. The molecule has 3 heteroatoms. The third kappa shape index (κ3) is 2.98. The fourth-order valence-corrected chi connectivity index (χ4v) is 2.08. The van der Waals surface area contributed by atoms with Gasteiger partial charge in [0.15, 0.2) is 0 Å². The van der Waals surface area contributed by atoms with Gasteiger partial charge in [0.25, 0.3) is 0 Å². The van der Waals surface area contributed by atoms with Crippen molar-refractivity contribution in [2.45, 2.75) is 12.5 Å². The quantitative estimate of drug-likeness (QED) is 0.730. The van der Waals surface area contributed by atoms with E-state index in [0.717, 1.165) is 11.3 Å². The summed E-state index contributed by atoms with van der Waals surface area (Å²) >= 11 is 7.43. The third-order valence-electron chi connectivity index (χ3n) is 2.04. The summed E-state index contributed by atoms with van der Waals surface area (Å²) in [4.78, 5) is 0. The predicted molar refractivity (Wildman–Crippen MR) is 64.7 cm³/mol. The highest BCUT2D eigenvalue weighted by molar-refractivity contribution is 7.07. The van der Waals surface area contributed by atoms with Crippen molar-refractivity contribution >= 4 is 22.9 Å². The number of alkyl halides is 1. The number of benzene rings is 1. The first-order chi connectivity index (χ1) is 7.38. The van der Waals surface area contributed by atoms with Crippen LogP contribution in [0.15, 0.2) is 41.1 Å². The maximum atomic E-state index is 5.74. The van der Waals surface area contributed by atoms with Crippen LogP contribution in [0.3, 0.4) is 0 Å². The van der Waals surface area contributed by atoms with E-state index in [9.17, 15) is 0 Å². The van der Waals surface area contributed by atoms with E-state index in [4.69, 9.17) is 16.3 Å². The Hall–Kier alpha value is -0.990. The van der Waals surface area contributed by atoms with Gasteiger partial charge in [0.05, 0.1) is 0 Å². The molecule has 1 heterocycles. The summed E-state index contributed by atoms with van der Waals surface area (Å²) in [5.41, 5.74) is 2.29. The molecule has 1 nitrogen and oxygen atoms in total. The van der Waals surface area contributed by atoms with Gasteiger partial charge in [-0.3, -0.25) is 0 Å². The minimum atomic E-state index is 0.523. The predicted octanol–water partition coefficient (Wildman–Crippen LogP) is 4.07. The first-order valence-corrected chi connectivity index (χ1v) is 6.15. The first-order valence-electron chi connectivity index (χ1n) is 4.67. The van der Waals surface area contributed by atoms with Gasteiger partial charge in [-0.2, -0.15) is 11.3 Å². The van der Waals surface area contributed by atoms with Crippen molar-refractivity contribution in [1.29, 1.82) is 0 Å². The van der Waals surface area contributed by atoms with Crippen molar-refractivity contribution in [1.82, 2.24) is 0 Å². The molecule has 1 aromatic carbocycles. The smallest absolute Gasteiger partial charge is 0.120 e. The Balaban J connectivity index is 1.98. The number of thiophene rings is 1. The van der Waals surface area contributed by atoms with Gasteiger partial charge in [-0.1, -0.05) is 12.1 Å². The normalized spacial score (nSPS) is 10.2. The molecule has 0 spiro atoms. The molecule has 15 heavy (non-hydrogen) atoms. The summed E-state index contributed by atoms with van der Waals surface area (Å²) in [6, 6.07) is 9.93. The van der Waals surface area contributed by atoms with Gasteiger partial charge in [-0.15, -0.1) is 11.6 Å². The zero-order chi connectivity index (χ0) is 10.5. The Morgan fingerprint density at radius 1 is 1.20 bits per heavy atom. The van der Waals surface area contributed by atoms with Crippen LogP contribution in [0.25, 0.3) is 0 Å². The summed E-state index contributed by atoms with van der Waals surface area (Å²) in [6.07, 6.45) is 0. The number of rotatable bonds is 4. The highest BCUT2D eigenvalue weighted by atomic mass is 35.5. The Morgan fingerprint density at radius 2 is 2.13 bits per heavy atom. The van der Waals surface area contributed by atoms with Crippen LogP contribution in [0.2, 0.25) is 0 Å². The fourth-order valence-electron chi connectivity index (χ4n) is 1.26. The molecule has 0 amide bonds. The van der Waals surface area contributed by atoms with Crippen LogP contribution in [0.5, 0.6) is 5.75 Å². The average molecular weight is 239 g/mol. The standard InChI is InChI=1S/C12H11ClOS/c13-7-10-2-1-3-12(6-10)14-8-11-4-5-15-9-11/h1-6,9H,7-8H2. The van der Waals surface area contributed by atoms with E-state index >= 15 is 0 Å². The van der Waals surface area contributed by atoms with Crippen LogP contribution < -0.4 is 4.74 Å². The molecular weight excluding hydrogens is 228 g/mol. The Labute approximate surface area is 98.3 Å². The summed E-state index contributed by atoms with van der Waals surface area (Å²) in [5.74, 6) is 1.40. The molecule has 0 aliphatic rings. The minimum absolute atomic E-state index is 0.523. The molecule has 1 aromatic heterocycles. The molecule has 0 aliphatic carbocycles. The van der Waals surface area contributed by atoms with Crippen LogP contribution in [-0.2, 0) is 12.5 Å². The second-order valence-electron chi connectivity index (χ2n) is 3.20. The van der Waals surface area contributed by atoms with E-state index in [-0.39, 0.29) is 0 Å². The van der Waals surface area contributed by atoms with Gasteiger partial charge in [-0.05, 0) is 40.1 Å². The molecule has 0 N–H and O–H groups in total. The molecule has 2 rings (SSSR count). The Kier molecular flexibility index (Phi) is 3.64. The maximum Gasteiger partial charge on any atom is 0.120 e. The van der Waals surface area contributed by atoms with Crippen LogP contribution in [0.4, 0.5) is 0 Å². The third-order valence-corrected chi connectivity index (χ3v) is 3.08. The van der Waals surface area contributed by atoms with Crippen molar-refractivity contribution in [3.8, 4) is 5.75 Å². The zero-order valence-electron chi connectivity index (χ0n) is 8.15. The van der Waals surface area contributed by atoms with E-state index in [1.165, 1.54) is 5.56 Å².